The van der Waals surface area contributed by atoms with E-state index in [2.05, 4.69) is 0 Å². The molecule has 0 aromatic carbocycles. The highest BCUT2D eigenvalue weighted by molar-refractivity contribution is 7.38. The second kappa shape index (κ2) is 5.57. The molecule has 2 bridgehead atoms. The highest BCUT2D eigenvalue weighted by atomic mass is 31.1. The Bertz CT molecular complexity index is 765. The number of rotatable bonds is 4. The molecule has 126 valence electrons. The van der Waals surface area contributed by atoms with Gasteiger partial charge in [0, 0.05) is 0 Å². The number of hydrogen-bond acceptors (Lipinski definition) is 7. The van der Waals surface area contributed by atoms with Crippen LogP contribution in [0.25, 0.3) is 0 Å². The van der Waals surface area contributed by atoms with Gasteiger partial charge in [-0.2, -0.15) is 4.39 Å². The predicted molar refractivity (Wildman–Crippen MR) is 74.0 cm³/mol. The standard InChI is InChI=1S/C12H14FN2O7P/c1-5-12(4-20-23(2)19)8(16)7(21-5)10(22-12)15-3-6(13)9(17)14-11(15)18/h3,5,7-8,10,16H,4H2,1-2H3/p+1/t5-,7-,8+,10-,12+/m1/s1. The van der Waals surface area contributed by atoms with Gasteiger partial charge in [-0.05, 0) is 11.5 Å². The summed E-state index contributed by atoms with van der Waals surface area (Å²) >= 11 is 0. The largest absolute Gasteiger partial charge is 0.504 e. The Hall–Kier alpha value is -1.45. The maximum atomic E-state index is 13.5. The van der Waals surface area contributed by atoms with Crippen molar-refractivity contribution in [2.24, 2.45) is 0 Å². The third-order valence-corrected chi connectivity index (χ3v) is 4.65. The first-order valence-corrected chi connectivity index (χ1v) is 8.45. The van der Waals surface area contributed by atoms with Gasteiger partial charge >= 0.3 is 13.7 Å². The van der Waals surface area contributed by atoms with E-state index in [9.17, 15) is 23.7 Å². The lowest BCUT2D eigenvalue weighted by Crippen LogP contribution is -2.50. The van der Waals surface area contributed by atoms with Crippen molar-refractivity contribution in [2.45, 2.75) is 37.1 Å². The van der Waals surface area contributed by atoms with E-state index in [1.54, 1.807) is 6.92 Å². The van der Waals surface area contributed by atoms with Crippen LogP contribution in [0.5, 0.6) is 0 Å². The number of nitrogens with zero attached hydrogens (tertiary/aromatic N) is 1. The van der Waals surface area contributed by atoms with Crippen LogP contribution in [0.3, 0.4) is 0 Å². The molecule has 0 saturated carbocycles. The molecule has 2 aliphatic heterocycles. The highest BCUT2D eigenvalue weighted by Crippen LogP contribution is 2.49. The third kappa shape index (κ3) is 2.47. The fourth-order valence-electron chi connectivity index (χ4n) is 2.92. The van der Waals surface area contributed by atoms with Gasteiger partial charge in [0.05, 0.1) is 12.3 Å². The minimum absolute atomic E-state index is 0.214. The summed E-state index contributed by atoms with van der Waals surface area (Å²) in [5.41, 5.74) is -3.37. The van der Waals surface area contributed by atoms with Gasteiger partial charge in [0.15, 0.2) is 18.5 Å². The zero-order chi connectivity index (χ0) is 16.9. The van der Waals surface area contributed by atoms with Crippen LogP contribution in [-0.4, -0.2) is 51.8 Å². The first kappa shape index (κ1) is 16.4. The third-order valence-electron chi connectivity index (χ3n) is 4.15. The minimum Gasteiger partial charge on any atom is -0.387 e. The molecule has 3 rings (SSSR count). The first-order chi connectivity index (χ1) is 10.8. The Kier molecular flexibility index (Phi) is 3.97. The van der Waals surface area contributed by atoms with Crippen molar-refractivity contribution in [2.75, 3.05) is 13.3 Å². The van der Waals surface area contributed by atoms with Crippen LogP contribution in [-0.2, 0) is 18.6 Å². The van der Waals surface area contributed by atoms with E-state index in [1.165, 1.54) is 6.66 Å². The maximum absolute atomic E-state index is 13.5. The van der Waals surface area contributed by atoms with E-state index in [1.807, 2.05) is 4.98 Å². The summed E-state index contributed by atoms with van der Waals surface area (Å²) in [5, 5.41) is 10.4. The molecule has 1 aromatic heterocycles. The molecule has 0 spiro atoms. The summed E-state index contributed by atoms with van der Waals surface area (Å²) in [6.07, 6.45) is -3.15. The van der Waals surface area contributed by atoms with E-state index in [0.717, 1.165) is 4.57 Å². The van der Waals surface area contributed by atoms with Crippen LogP contribution in [0.1, 0.15) is 13.2 Å². The molecule has 1 unspecified atom stereocenters. The number of H-pyrrole nitrogens is 1. The predicted octanol–water partition coefficient (Wildman–Crippen LogP) is -0.520. The summed E-state index contributed by atoms with van der Waals surface area (Å²) in [7, 11) is -1.93. The Morgan fingerprint density at radius 2 is 2.26 bits per heavy atom. The summed E-state index contributed by atoms with van der Waals surface area (Å²) in [6.45, 7) is 2.78. The average molecular weight is 349 g/mol. The molecule has 0 radical (unpaired) electrons. The van der Waals surface area contributed by atoms with Crippen molar-refractivity contribution in [3.05, 3.63) is 32.9 Å². The van der Waals surface area contributed by atoms with Crippen molar-refractivity contribution >= 4 is 8.03 Å². The van der Waals surface area contributed by atoms with E-state index in [0.29, 0.717) is 6.20 Å². The Labute approximate surface area is 129 Å². The summed E-state index contributed by atoms with van der Waals surface area (Å²) in [5.74, 6) is -1.17. The smallest absolute Gasteiger partial charge is 0.387 e. The fourth-order valence-corrected chi connectivity index (χ4v) is 3.30. The SMILES string of the molecule is C[C@H]1O[C@H]2[C@H](n3cc(F)c(=O)[nH]c3=O)O[C@]1(CO[P+](C)=O)[C@H]2O. The molecule has 2 fully saturated rings. The molecule has 3 heterocycles. The van der Waals surface area contributed by atoms with Gasteiger partial charge in [0.1, 0.15) is 18.8 Å². The quantitative estimate of drug-likeness (QED) is 0.702. The number of hydrogen-bond donors (Lipinski definition) is 2. The monoisotopic (exact) mass is 349 g/mol. The van der Waals surface area contributed by atoms with Crippen molar-refractivity contribution < 1.29 is 28.1 Å². The summed E-state index contributed by atoms with van der Waals surface area (Å²) in [6, 6.07) is 0. The molecule has 6 atom stereocenters. The molecule has 1 aromatic rings. The van der Waals surface area contributed by atoms with Crippen LogP contribution in [0.2, 0.25) is 0 Å². The van der Waals surface area contributed by atoms with Gasteiger partial charge in [-0.25, -0.2) is 4.79 Å². The molecule has 0 amide bonds. The number of aliphatic hydroxyl groups excluding tert-OH is 1. The second-order valence-electron chi connectivity index (χ2n) is 5.51. The number of aromatic amines is 1. The zero-order valence-electron chi connectivity index (χ0n) is 12.3. The number of fused-ring (bicyclic) bond motifs is 2. The highest BCUT2D eigenvalue weighted by Gasteiger charge is 2.66. The molecular weight excluding hydrogens is 334 g/mol. The van der Waals surface area contributed by atoms with Crippen LogP contribution in [0, 0.1) is 5.82 Å². The Morgan fingerprint density at radius 3 is 2.91 bits per heavy atom. The zero-order valence-corrected chi connectivity index (χ0v) is 13.2. The van der Waals surface area contributed by atoms with Gasteiger partial charge in [-0.3, -0.25) is 14.3 Å². The molecule has 9 nitrogen and oxygen atoms in total. The topological polar surface area (TPSA) is 120 Å². The van der Waals surface area contributed by atoms with E-state index >= 15 is 0 Å². The van der Waals surface area contributed by atoms with Gasteiger partial charge in [0.2, 0.25) is 5.82 Å². The normalized spacial score (nSPS) is 36.4. The molecule has 2 saturated heterocycles. The van der Waals surface area contributed by atoms with E-state index < -0.39 is 55.2 Å². The first-order valence-electron chi connectivity index (χ1n) is 6.82. The number of nitrogens with one attached hydrogen (secondary N) is 1. The van der Waals surface area contributed by atoms with Gasteiger partial charge < -0.3 is 14.6 Å². The van der Waals surface area contributed by atoms with E-state index in [4.69, 9.17) is 14.0 Å². The van der Waals surface area contributed by atoms with Crippen LogP contribution < -0.4 is 11.2 Å². The Morgan fingerprint density at radius 1 is 1.57 bits per heavy atom. The summed E-state index contributed by atoms with van der Waals surface area (Å²) < 4.78 is 41.8. The lowest BCUT2D eigenvalue weighted by molar-refractivity contribution is -0.215. The van der Waals surface area contributed by atoms with Crippen molar-refractivity contribution in [3.63, 3.8) is 0 Å². The number of aromatic nitrogens is 2. The average Bonchev–Trinajstić information content (AvgIpc) is 2.88. The van der Waals surface area contributed by atoms with Gasteiger partial charge in [0.25, 0.3) is 5.56 Å². The van der Waals surface area contributed by atoms with Gasteiger partial charge in [-0.15, -0.1) is 4.52 Å². The maximum Gasteiger partial charge on any atom is 0.504 e. The van der Waals surface area contributed by atoms with Gasteiger partial charge in [-0.1, -0.05) is 0 Å². The second-order valence-corrected chi connectivity index (χ2v) is 6.65. The fraction of sp³-hybridized carbons (Fsp3) is 0.667. The molecule has 2 aliphatic rings. The van der Waals surface area contributed by atoms with Crippen LogP contribution >= 0.6 is 8.03 Å². The Balaban J connectivity index is 1.97. The number of aliphatic hydroxyl groups is 1. The van der Waals surface area contributed by atoms with Crippen LogP contribution in [0.15, 0.2) is 15.8 Å². The lowest BCUT2D eigenvalue weighted by atomic mass is 9.94. The van der Waals surface area contributed by atoms with E-state index in [-0.39, 0.29) is 6.61 Å². The van der Waals surface area contributed by atoms with Crippen molar-refractivity contribution in [3.8, 4) is 0 Å². The molecule has 0 aliphatic carbocycles. The molecule has 2 N–H and O–H groups in total. The van der Waals surface area contributed by atoms with Crippen molar-refractivity contribution in [1.29, 1.82) is 0 Å². The molecule has 11 heteroatoms. The van der Waals surface area contributed by atoms with Crippen LogP contribution in [0.4, 0.5) is 4.39 Å². The molecule has 23 heavy (non-hydrogen) atoms. The summed E-state index contributed by atoms with van der Waals surface area (Å²) in [4.78, 5) is 24.8. The van der Waals surface area contributed by atoms with Crippen molar-refractivity contribution in [1.82, 2.24) is 9.55 Å². The minimum atomic E-state index is -1.93. The number of ether oxygens (including phenoxy) is 2. The lowest BCUT2D eigenvalue weighted by Gasteiger charge is -2.34. The molecular formula is C12H15FN2O7P+. The number of halogens is 1.